The maximum Gasteiger partial charge on any atom is 0.424 e. The van der Waals surface area contributed by atoms with Crippen LogP contribution in [0.2, 0.25) is 0 Å². The summed E-state index contributed by atoms with van der Waals surface area (Å²) in [7, 11) is 1.41. The van der Waals surface area contributed by atoms with E-state index in [1.807, 2.05) is 0 Å². The van der Waals surface area contributed by atoms with E-state index in [4.69, 9.17) is 15.2 Å². The molecule has 2 amide bonds. The van der Waals surface area contributed by atoms with Crippen LogP contribution >= 0.6 is 11.3 Å². The molecule has 2 aliphatic heterocycles. The van der Waals surface area contributed by atoms with Crippen LogP contribution in [0.3, 0.4) is 0 Å². The number of carbonyl (C=O) groups excluding carboxylic acids is 2. The van der Waals surface area contributed by atoms with Crippen LogP contribution in [0.15, 0.2) is 59.5 Å². The van der Waals surface area contributed by atoms with Crippen LogP contribution in [0.5, 0.6) is 5.75 Å². The molecule has 1 saturated carbocycles. The number of ether oxygens (including phenoxy) is 2. The van der Waals surface area contributed by atoms with E-state index in [1.54, 1.807) is 6.92 Å². The molecule has 3 aliphatic rings. The zero-order valence-corrected chi connectivity index (χ0v) is 26.0. The largest absolute Gasteiger partial charge is 0.494 e. The molecule has 0 bridgehead atoms. The molecular weight excluding hydrogens is 628 g/mol. The third kappa shape index (κ3) is 4.98. The van der Waals surface area contributed by atoms with Crippen molar-refractivity contribution in [2.75, 3.05) is 20.3 Å². The van der Waals surface area contributed by atoms with Gasteiger partial charge in [0.1, 0.15) is 40.4 Å². The standard InChI is InChI=1S/C32H32F4N4O5S/c1-4-30(28(37)42)15-45-25-20(30)13-23(40-29(25,2)18-7-9-19(33)10-8-18)31(43,32(34,35)36)14-38-26(41)17-11-21(44-3)24-22(12-17)46-27(39-24)16-5-6-16/h7-13,16,40,43H,4-6,14-15H2,1-3H3,(H2,37,42)(H,38,41)/t29?,30-,31-/m0/s1. The number of thiazole rings is 1. The molecular formula is C32H32F4N4O5S. The molecule has 6 rings (SSSR count). The predicted molar refractivity (Wildman–Crippen MR) is 161 cm³/mol. The second-order valence-electron chi connectivity index (χ2n) is 12.0. The first-order valence-corrected chi connectivity index (χ1v) is 15.5. The molecule has 3 heterocycles. The number of nitrogens with one attached hydrogen (secondary N) is 2. The number of amides is 2. The van der Waals surface area contributed by atoms with Crippen molar-refractivity contribution in [2.45, 2.75) is 56.3 Å². The SMILES string of the molecule is CC[C@]1(C(N)=O)COC2=C1C=C([C@@](O)(CNC(=O)c1cc(OC)c3nc(C4CC4)sc3c1)C(F)(F)F)NC2(C)c1ccc(F)cc1. The van der Waals surface area contributed by atoms with Gasteiger partial charge in [-0.3, -0.25) is 9.59 Å². The number of hydrogen-bond acceptors (Lipinski definition) is 8. The maximum atomic E-state index is 14.9. The number of nitrogens with zero attached hydrogens (tertiary/aromatic N) is 1. The summed E-state index contributed by atoms with van der Waals surface area (Å²) in [5.74, 6) is -1.52. The van der Waals surface area contributed by atoms with Gasteiger partial charge in [-0.25, -0.2) is 9.37 Å². The fourth-order valence-electron chi connectivity index (χ4n) is 6.04. The number of alkyl halides is 3. The second kappa shape index (κ2) is 11.0. The van der Waals surface area contributed by atoms with Gasteiger partial charge in [-0.15, -0.1) is 11.3 Å². The molecule has 1 aromatic heterocycles. The lowest BCUT2D eigenvalue weighted by Crippen LogP contribution is -2.61. The Hall–Kier alpha value is -4.17. The Bertz CT molecular complexity index is 1800. The van der Waals surface area contributed by atoms with Crippen molar-refractivity contribution < 1.29 is 41.7 Å². The monoisotopic (exact) mass is 660 g/mol. The van der Waals surface area contributed by atoms with Gasteiger partial charge in [0, 0.05) is 17.1 Å². The highest BCUT2D eigenvalue weighted by molar-refractivity contribution is 7.18. The fraction of sp³-hybridized carbons (Fsp3) is 0.406. The summed E-state index contributed by atoms with van der Waals surface area (Å²) in [4.78, 5) is 30.7. The van der Waals surface area contributed by atoms with Crippen molar-refractivity contribution >= 4 is 33.4 Å². The van der Waals surface area contributed by atoms with Gasteiger partial charge in [0.05, 0.1) is 29.1 Å². The average molecular weight is 661 g/mol. The van der Waals surface area contributed by atoms with Crippen molar-refractivity contribution in [3.05, 3.63) is 81.5 Å². The first-order chi connectivity index (χ1) is 21.7. The Morgan fingerprint density at radius 1 is 1.24 bits per heavy atom. The van der Waals surface area contributed by atoms with Gasteiger partial charge in [0.15, 0.2) is 0 Å². The molecule has 5 N–H and O–H groups in total. The number of aromatic nitrogens is 1. The molecule has 244 valence electrons. The van der Waals surface area contributed by atoms with Crippen molar-refractivity contribution in [3.63, 3.8) is 0 Å². The molecule has 2 aromatic carbocycles. The van der Waals surface area contributed by atoms with Gasteiger partial charge in [0.25, 0.3) is 5.91 Å². The topological polar surface area (TPSA) is 136 Å². The molecule has 0 saturated heterocycles. The van der Waals surface area contributed by atoms with Crippen LogP contribution in [-0.2, 0) is 15.1 Å². The Morgan fingerprint density at radius 3 is 2.52 bits per heavy atom. The van der Waals surface area contributed by atoms with Gasteiger partial charge >= 0.3 is 6.18 Å². The molecule has 3 aromatic rings. The van der Waals surface area contributed by atoms with Crippen molar-refractivity contribution in [1.29, 1.82) is 0 Å². The molecule has 14 heteroatoms. The lowest BCUT2D eigenvalue weighted by molar-refractivity contribution is -0.243. The number of methoxy groups -OCH3 is 1. The summed E-state index contributed by atoms with van der Waals surface area (Å²) in [6.07, 6.45) is -2.18. The van der Waals surface area contributed by atoms with Crippen molar-refractivity contribution in [2.24, 2.45) is 11.1 Å². The third-order valence-electron chi connectivity index (χ3n) is 9.15. The minimum Gasteiger partial charge on any atom is -0.494 e. The minimum atomic E-state index is -5.32. The van der Waals surface area contributed by atoms with Crippen molar-refractivity contribution in [3.8, 4) is 5.75 Å². The lowest BCUT2D eigenvalue weighted by Gasteiger charge is -2.43. The quantitative estimate of drug-likeness (QED) is 0.240. The molecule has 0 radical (unpaired) electrons. The number of hydrogen-bond donors (Lipinski definition) is 4. The molecule has 46 heavy (non-hydrogen) atoms. The fourth-order valence-corrected chi connectivity index (χ4v) is 7.23. The summed E-state index contributed by atoms with van der Waals surface area (Å²) in [5.41, 5.74) is -0.789. The lowest BCUT2D eigenvalue weighted by atomic mass is 9.72. The first kappa shape index (κ1) is 31.8. The molecule has 1 aliphatic carbocycles. The van der Waals surface area contributed by atoms with E-state index in [9.17, 15) is 32.3 Å². The van der Waals surface area contributed by atoms with Gasteiger partial charge in [-0.2, -0.15) is 13.2 Å². The van der Waals surface area contributed by atoms with Gasteiger partial charge in [-0.05, 0) is 62.1 Å². The van der Waals surface area contributed by atoms with E-state index in [1.165, 1.54) is 49.6 Å². The van der Waals surface area contributed by atoms with Gasteiger partial charge in [0.2, 0.25) is 11.5 Å². The molecule has 0 spiro atoms. The molecule has 9 nitrogen and oxygen atoms in total. The highest BCUT2D eigenvalue weighted by Crippen LogP contribution is 2.52. The van der Waals surface area contributed by atoms with Crippen molar-refractivity contribution in [1.82, 2.24) is 15.6 Å². The van der Waals surface area contributed by atoms with Crippen LogP contribution < -0.4 is 21.1 Å². The number of fused-ring (bicyclic) bond motifs is 1. The predicted octanol–water partition coefficient (Wildman–Crippen LogP) is 4.91. The molecule has 3 atom stereocenters. The maximum absolute atomic E-state index is 14.9. The van der Waals surface area contributed by atoms with Crippen LogP contribution in [0.25, 0.3) is 10.2 Å². The van der Waals surface area contributed by atoms with E-state index in [0.717, 1.165) is 36.1 Å². The number of benzene rings is 2. The molecule has 1 unspecified atom stereocenters. The summed E-state index contributed by atoms with van der Waals surface area (Å²) in [6.45, 7) is 1.62. The number of primary amides is 1. The second-order valence-corrected chi connectivity index (χ2v) is 13.1. The zero-order valence-electron chi connectivity index (χ0n) is 25.2. The summed E-state index contributed by atoms with van der Waals surface area (Å²) >= 11 is 1.39. The summed E-state index contributed by atoms with van der Waals surface area (Å²) in [6, 6.07) is 7.91. The number of rotatable bonds is 9. The van der Waals surface area contributed by atoms with Crippen LogP contribution in [0.4, 0.5) is 17.6 Å². The van der Waals surface area contributed by atoms with Crippen LogP contribution in [-0.4, -0.2) is 53.9 Å². The van der Waals surface area contributed by atoms with E-state index in [2.05, 4.69) is 15.6 Å². The summed E-state index contributed by atoms with van der Waals surface area (Å²) < 4.78 is 70.7. The number of nitrogens with two attached hydrogens (primary N) is 1. The first-order valence-electron chi connectivity index (χ1n) is 14.7. The highest BCUT2D eigenvalue weighted by Gasteiger charge is 2.61. The minimum absolute atomic E-state index is 0.0227. The third-order valence-corrected chi connectivity index (χ3v) is 10.3. The normalized spacial score (nSPS) is 24.0. The Balaban J connectivity index is 1.39. The molecule has 1 fully saturated rings. The van der Waals surface area contributed by atoms with Gasteiger partial charge in [-0.1, -0.05) is 19.1 Å². The Morgan fingerprint density at radius 2 is 1.93 bits per heavy atom. The van der Waals surface area contributed by atoms with E-state index < -0.39 is 52.6 Å². The smallest absolute Gasteiger partial charge is 0.424 e. The Kier molecular flexibility index (Phi) is 7.59. The van der Waals surface area contributed by atoms with Crippen LogP contribution in [0, 0.1) is 11.2 Å². The van der Waals surface area contributed by atoms with Crippen LogP contribution in [0.1, 0.15) is 60.0 Å². The highest BCUT2D eigenvalue weighted by atomic mass is 32.1. The average Bonchev–Trinajstić information content (AvgIpc) is 3.65. The summed E-state index contributed by atoms with van der Waals surface area (Å²) in [5, 5.41) is 17.4. The van der Waals surface area contributed by atoms with E-state index >= 15 is 0 Å². The Labute approximate surface area is 265 Å². The number of allylic oxidation sites excluding steroid dienone is 1. The van der Waals surface area contributed by atoms with E-state index in [-0.39, 0.29) is 29.9 Å². The van der Waals surface area contributed by atoms with Gasteiger partial charge < -0.3 is 30.9 Å². The number of dihydropyridines is 1. The van der Waals surface area contributed by atoms with E-state index in [0.29, 0.717) is 27.4 Å². The number of carbonyl (C=O) groups is 2. The zero-order chi connectivity index (χ0) is 33.2. The number of halogens is 4. The number of aliphatic hydroxyl groups is 1.